The van der Waals surface area contributed by atoms with Gasteiger partial charge in [0.2, 0.25) is 0 Å². The Hall–Kier alpha value is -1.45. The van der Waals surface area contributed by atoms with Crippen LogP contribution in [0, 0.1) is 21.0 Å². The van der Waals surface area contributed by atoms with Crippen LogP contribution in [0.15, 0.2) is 30.3 Å². The van der Waals surface area contributed by atoms with Gasteiger partial charge in [-0.15, -0.1) is 0 Å². The highest BCUT2D eigenvalue weighted by molar-refractivity contribution is 14.1. The van der Waals surface area contributed by atoms with Crippen LogP contribution in [0.3, 0.4) is 0 Å². The molecule has 2 aromatic rings. The van der Waals surface area contributed by atoms with Gasteiger partial charge in [-0.1, -0.05) is 6.07 Å². The van der Waals surface area contributed by atoms with E-state index < -0.39 is 35.9 Å². The van der Waals surface area contributed by atoms with Crippen molar-refractivity contribution in [1.29, 1.82) is 0 Å². The maximum atomic E-state index is 14.3. The monoisotopic (exact) mass is 478 g/mol. The zero-order chi connectivity index (χ0) is 19.3. The normalized spacial score (nSPS) is 12.2. The summed E-state index contributed by atoms with van der Waals surface area (Å²) >= 11 is 1.94. The van der Waals surface area contributed by atoms with Gasteiger partial charge in [-0.3, -0.25) is 4.79 Å². The number of halogens is 4. The van der Waals surface area contributed by atoms with Gasteiger partial charge in [0, 0.05) is 27.5 Å². The van der Waals surface area contributed by atoms with Gasteiger partial charge in [0.25, 0.3) is 0 Å². The van der Waals surface area contributed by atoms with Crippen LogP contribution < -0.4 is 0 Å². The van der Waals surface area contributed by atoms with E-state index in [-0.39, 0.29) is 42.4 Å². The second-order valence-electron chi connectivity index (χ2n) is 5.95. The van der Waals surface area contributed by atoms with Gasteiger partial charge in [-0.25, -0.2) is 13.2 Å². The molecule has 0 saturated carbocycles. The van der Waals surface area contributed by atoms with Crippen LogP contribution in [-0.4, -0.2) is 28.7 Å². The molecule has 140 valence electrons. The molecule has 0 heterocycles. The average molecular weight is 478 g/mol. The molecule has 0 radical (unpaired) electrons. The van der Waals surface area contributed by atoms with Gasteiger partial charge in [0.1, 0.15) is 5.82 Å². The Balaban J connectivity index is 2.27. The zero-order valence-electron chi connectivity index (χ0n) is 13.8. The molecule has 7 heteroatoms. The molecule has 1 atom stereocenters. The van der Waals surface area contributed by atoms with Gasteiger partial charge in [0.15, 0.2) is 17.4 Å². The summed E-state index contributed by atoms with van der Waals surface area (Å²) in [6.45, 7) is -0.406. The largest absolute Gasteiger partial charge is 0.394 e. The first-order valence-electron chi connectivity index (χ1n) is 8.06. The third-order valence-electron chi connectivity index (χ3n) is 4.03. The minimum absolute atomic E-state index is 0.000313. The van der Waals surface area contributed by atoms with E-state index in [9.17, 15) is 23.1 Å². The summed E-state index contributed by atoms with van der Waals surface area (Å²) in [6, 6.07) is 6.48. The number of hydrogen-bond donors (Lipinski definition) is 2. The number of carbonyl (C=O) groups excluding carboxylic acids is 1. The number of aliphatic hydroxyl groups is 2. The lowest BCUT2D eigenvalue weighted by molar-refractivity contribution is 0.0828. The highest BCUT2D eigenvalue weighted by Gasteiger charge is 2.20. The Kier molecular flexibility index (Phi) is 7.60. The molecule has 0 saturated heterocycles. The number of benzene rings is 2. The summed E-state index contributed by atoms with van der Waals surface area (Å²) in [6.07, 6.45) is -0.658. The van der Waals surface area contributed by atoms with Gasteiger partial charge < -0.3 is 10.2 Å². The Morgan fingerprint density at radius 1 is 1.12 bits per heavy atom. The fraction of sp³-hybridized carbons (Fsp3) is 0.316. The predicted octanol–water partition coefficient (Wildman–Crippen LogP) is 4.01. The Morgan fingerprint density at radius 3 is 2.50 bits per heavy atom. The number of aliphatic hydroxyl groups excluding tert-OH is 2. The molecule has 0 aromatic heterocycles. The molecular formula is C19H18F3IO3. The highest BCUT2D eigenvalue weighted by atomic mass is 127. The third-order valence-corrected chi connectivity index (χ3v) is 4.70. The third kappa shape index (κ3) is 5.28. The van der Waals surface area contributed by atoms with Gasteiger partial charge in [0.05, 0.1) is 12.7 Å². The van der Waals surface area contributed by atoms with Crippen LogP contribution in [0.5, 0.6) is 0 Å². The van der Waals surface area contributed by atoms with Crippen molar-refractivity contribution >= 4 is 28.4 Å². The quantitative estimate of drug-likeness (QED) is 0.446. The number of carbonyl (C=O) groups is 1. The first-order valence-corrected chi connectivity index (χ1v) is 9.14. The van der Waals surface area contributed by atoms with E-state index in [0.717, 1.165) is 6.07 Å². The van der Waals surface area contributed by atoms with Gasteiger partial charge >= 0.3 is 0 Å². The van der Waals surface area contributed by atoms with Gasteiger partial charge in [-0.2, -0.15) is 0 Å². The Morgan fingerprint density at radius 2 is 1.85 bits per heavy atom. The van der Waals surface area contributed by atoms with E-state index >= 15 is 0 Å². The summed E-state index contributed by atoms with van der Waals surface area (Å²) in [4.78, 5) is 12.4. The Labute approximate surface area is 163 Å². The molecule has 0 aliphatic carbocycles. The minimum Gasteiger partial charge on any atom is -0.394 e. The van der Waals surface area contributed by atoms with E-state index in [4.69, 9.17) is 5.11 Å². The summed E-state index contributed by atoms with van der Waals surface area (Å²) in [5.74, 6) is -3.23. The lowest BCUT2D eigenvalue weighted by Crippen LogP contribution is -2.13. The van der Waals surface area contributed by atoms with Crippen molar-refractivity contribution in [3.05, 3.63) is 68.0 Å². The molecule has 0 amide bonds. The lowest BCUT2D eigenvalue weighted by Gasteiger charge is -2.12. The van der Waals surface area contributed by atoms with Crippen molar-refractivity contribution in [3.8, 4) is 0 Å². The number of rotatable bonds is 8. The van der Waals surface area contributed by atoms with Crippen molar-refractivity contribution < 1.29 is 28.2 Å². The Bertz CT molecular complexity index is 796. The average Bonchev–Trinajstić information content (AvgIpc) is 2.60. The van der Waals surface area contributed by atoms with Crippen LogP contribution in [-0.2, 0) is 6.42 Å². The first-order chi connectivity index (χ1) is 12.3. The van der Waals surface area contributed by atoms with Crippen LogP contribution in [0.4, 0.5) is 13.2 Å². The molecule has 2 aromatic carbocycles. The van der Waals surface area contributed by atoms with Crippen LogP contribution in [0.1, 0.15) is 40.7 Å². The summed E-state index contributed by atoms with van der Waals surface area (Å²) in [5, 5.41) is 18.1. The summed E-state index contributed by atoms with van der Waals surface area (Å²) in [7, 11) is 0. The van der Waals surface area contributed by atoms with Crippen molar-refractivity contribution in [2.24, 2.45) is 0 Å². The fourth-order valence-electron chi connectivity index (χ4n) is 2.61. The summed E-state index contributed by atoms with van der Waals surface area (Å²) in [5.41, 5.74) is -0.0159. The van der Waals surface area contributed by atoms with E-state index in [1.54, 1.807) is 6.07 Å². The fourth-order valence-corrected chi connectivity index (χ4v) is 3.06. The van der Waals surface area contributed by atoms with E-state index in [0.29, 0.717) is 3.57 Å². The second kappa shape index (κ2) is 9.48. The van der Waals surface area contributed by atoms with E-state index in [2.05, 4.69) is 0 Å². The molecule has 2 N–H and O–H groups in total. The van der Waals surface area contributed by atoms with Crippen molar-refractivity contribution in [1.82, 2.24) is 0 Å². The molecule has 0 aliphatic heterocycles. The first kappa shape index (κ1) is 20.9. The predicted molar refractivity (Wildman–Crippen MR) is 99.6 cm³/mol. The molecule has 26 heavy (non-hydrogen) atoms. The molecular weight excluding hydrogens is 460 g/mol. The second-order valence-corrected chi connectivity index (χ2v) is 7.20. The lowest BCUT2D eigenvalue weighted by atomic mass is 9.94. The SMILES string of the molecule is O=C(CCC[C@@H](O)CO)c1ccc(F)c(F)c1Cc1ccc(I)cc1F. The van der Waals surface area contributed by atoms with Crippen molar-refractivity contribution in [3.63, 3.8) is 0 Å². The number of ketones is 1. The highest BCUT2D eigenvalue weighted by Crippen LogP contribution is 2.24. The molecule has 0 fully saturated rings. The number of Topliss-reactive ketones (excluding diaryl/α,β-unsaturated/α-hetero) is 1. The van der Waals surface area contributed by atoms with Gasteiger partial charge in [-0.05, 0) is 65.3 Å². The molecule has 2 rings (SSSR count). The molecule has 0 bridgehead atoms. The van der Waals surface area contributed by atoms with Crippen LogP contribution in [0.2, 0.25) is 0 Å². The maximum absolute atomic E-state index is 14.3. The summed E-state index contributed by atoms with van der Waals surface area (Å²) < 4.78 is 42.7. The van der Waals surface area contributed by atoms with Crippen molar-refractivity contribution in [2.45, 2.75) is 31.8 Å². The zero-order valence-corrected chi connectivity index (χ0v) is 16.0. The van der Waals surface area contributed by atoms with Crippen molar-refractivity contribution in [2.75, 3.05) is 6.61 Å². The molecule has 0 unspecified atom stereocenters. The maximum Gasteiger partial charge on any atom is 0.163 e. The van der Waals surface area contributed by atoms with E-state index in [1.807, 2.05) is 22.6 Å². The molecule has 0 aliphatic rings. The minimum atomic E-state index is -1.16. The number of hydrogen-bond acceptors (Lipinski definition) is 3. The topological polar surface area (TPSA) is 57.5 Å². The molecule has 0 spiro atoms. The smallest absolute Gasteiger partial charge is 0.163 e. The molecule has 3 nitrogen and oxygen atoms in total. The van der Waals surface area contributed by atoms with Crippen LogP contribution >= 0.6 is 22.6 Å². The van der Waals surface area contributed by atoms with E-state index in [1.165, 1.54) is 18.2 Å². The van der Waals surface area contributed by atoms with Crippen LogP contribution in [0.25, 0.3) is 0 Å². The standard InChI is InChI=1S/C19H18F3IO3/c20-16-7-6-14(18(26)3-1-2-13(25)10-24)15(19(16)22)8-11-4-5-12(23)9-17(11)21/h4-7,9,13,24-25H,1-3,8,10H2/t13-/m1/s1.